The molecule has 0 aliphatic rings. The first-order valence-electron chi connectivity index (χ1n) is 4.61. The van der Waals surface area contributed by atoms with Crippen LogP contribution in [0.5, 0.6) is 0 Å². The van der Waals surface area contributed by atoms with Gasteiger partial charge >= 0.3 is 5.97 Å². The molecule has 84 valence electrons. The Kier molecular flexibility index (Phi) is 4.84. The molecule has 0 bridgehead atoms. The van der Waals surface area contributed by atoms with Gasteiger partial charge in [0.2, 0.25) is 0 Å². The second kappa shape index (κ2) is 5.92. The van der Waals surface area contributed by atoms with Gasteiger partial charge in [0.25, 0.3) is 0 Å². The van der Waals surface area contributed by atoms with E-state index in [-0.39, 0.29) is 11.7 Å². The van der Waals surface area contributed by atoms with E-state index in [1.54, 1.807) is 6.07 Å². The third-order valence-electron chi connectivity index (χ3n) is 1.88. The molecule has 0 aromatic heterocycles. The number of hydrogen-bond acceptors (Lipinski definition) is 3. The molecule has 1 unspecified atom stereocenters. The Bertz CT molecular complexity index is 442. The maximum atomic E-state index is 10.5. The van der Waals surface area contributed by atoms with Crippen molar-refractivity contribution in [1.29, 1.82) is 5.26 Å². The van der Waals surface area contributed by atoms with Crippen molar-refractivity contribution < 1.29 is 9.90 Å². The summed E-state index contributed by atoms with van der Waals surface area (Å²) in [6.45, 7) is 1.83. The van der Waals surface area contributed by atoms with Crippen LogP contribution in [0.2, 0.25) is 0 Å². The van der Waals surface area contributed by atoms with Crippen LogP contribution in [0, 0.1) is 11.3 Å². The summed E-state index contributed by atoms with van der Waals surface area (Å²) in [5.74, 6) is -0.825. The molecule has 0 saturated carbocycles. The van der Waals surface area contributed by atoms with Crippen LogP contribution in [0.15, 0.2) is 27.6 Å². The molecular weight excluding hydrogens is 290 g/mol. The number of nitriles is 1. The average molecular weight is 300 g/mol. The van der Waals surface area contributed by atoms with E-state index in [1.165, 1.54) is 11.8 Å². The molecule has 0 radical (unpaired) electrons. The molecule has 0 amide bonds. The van der Waals surface area contributed by atoms with Gasteiger partial charge in [-0.1, -0.05) is 13.0 Å². The van der Waals surface area contributed by atoms with Crippen LogP contribution in [-0.4, -0.2) is 16.3 Å². The van der Waals surface area contributed by atoms with Gasteiger partial charge < -0.3 is 5.11 Å². The van der Waals surface area contributed by atoms with Gasteiger partial charge in [-0.15, -0.1) is 11.8 Å². The van der Waals surface area contributed by atoms with Crippen molar-refractivity contribution >= 4 is 33.7 Å². The lowest BCUT2D eigenvalue weighted by atomic mass is 10.2. The molecule has 0 aliphatic heterocycles. The van der Waals surface area contributed by atoms with Gasteiger partial charge in [-0.2, -0.15) is 5.26 Å². The number of benzene rings is 1. The highest BCUT2D eigenvalue weighted by Crippen LogP contribution is 2.31. The highest BCUT2D eigenvalue weighted by atomic mass is 79.9. The summed E-state index contributed by atoms with van der Waals surface area (Å²) >= 11 is 4.70. The number of thioether (sulfide) groups is 1. The predicted octanol–water partition coefficient (Wildman–Crippen LogP) is 3.28. The lowest BCUT2D eigenvalue weighted by Gasteiger charge is -2.10. The maximum Gasteiger partial charge on any atom is 0.304 e. The van der Waals surface area contributed by atoms with Crippen molar-refractivity contribution in [2.24, 2.45) is 0 Å². The first-order chi connectivity index (χ1) is 7.54. The zero-order valence-electron chi connectivity index (χ0n) is 8.61. The molecule has 0 spiro atoms. The number of nitrogens with zero attached hydrogens (tertiary/aromatic N) is 1. The zero-order valence-corrected chi connectivity index (χ0v) is 11.0. The first-order valence-corrected chi connectivity index (χ1v) is 6.29. The van der Waals surface area contributed by atoms with Crippen LogP contribution in [0.1, 0.15) is 18.9 Å². The summed E-state index contributed by atoms with van der Waals surface area (Å²) in [4.78, 5) is 11.3. The van der Waals surface area contributed by atoms with E-state index in [1.807, 2.05) is 19.1 Å². The molecule has 0 heterocycles. The molecule has 0 fully saturated rings. The van der Waals surface area contributed by atoms with Gasteiger partial charge in [0.15, 0.2) is 0 Å². The monoisotopic (exact) mass is 299 g/mol. The van der Waals surface area contributed by atoms with Gasteiger partial charge in [-0.3, -0.25) is 4.79 Å². The van der Waals surface area contributed by atoms with Crippen LogP contribution < -0.4 is 0 Å². The maximum absolute atomic E-state index is 10.5. The molecule has 1 atom stereocenters. The largest absolute Gasteiger partial charge is 0.481 e. The topological polar surface area (TPSA) is 61.1 Å². The standard InChI is InChI=1S/C11H10BrNO2S/c1-7(5-11(14)15)16-10-4-2-3-9(12)8(10)6-13/h2-4,7H,5H2,1H3,(H,14,15). The summed E-state index contributed by atoms with van der Waals surface area (Å²) in [5, 5.41) is 17.6. The molecule has 0 saturated heterocycles. The van der Waals surface area contributed by atoms with Gasteiger partial charge in [0.1, 0.15) is 6.07 Å². The Morgan fingerprint density at radius 1 is 1.69 bits per heavy atom. The van der Waals surface area contributed by atoms with Gasteiger partial charge in [-0.05, 0) is 28.1 Å². The van der Waals surface area contributed by atoms with Crippen LogP contribution >= 0.6 is 27.7 Å². The molecule has 1 N–H and O–H groups in total. The Morgan fingerprint density at radius 2 is 2.38 bits per heavy atom. The molecule has 3 nitrogen and oxygen atoms in total. The smallest absolute Gasteiger partial charge is 0.304 e. The SMILES string of the molecule is CC(CC(=O)O)Sc1cccc(Br)c1C#N. The number of halogens is 1. The normalized spacial score (nSPS) is 11.8. The Labute approximate surface area is 107 Å². The number of carboxylic acids is 1. The molecular formula is C11H10BrNO2S. The second-order valence-electron chi connectivity index (χ2n) is 3.25. The fourth-order valence-corrected chi connectivity index (χ4v) is 2.89. The third kappa shape index (κ3) is 3.54. The fraction of sp³-hybridized carbons (Fsp3) is 0.273. The Hall–Kier alpha value is -0.990. The molecule has 1 aromatic rings. The van der Waals surface area contributed by atoms with Crippen LogP contribution in [0.4, 0.5) is 0 Å². The summed E-state index contributed by atoms with van der Waals surface area (Å²) in [7, 11) is 0. The lowest BCUT2D eigenvalue weighted by Crippen LogP contribution is -2.05. The van der Waals surface area contributed by atoms with Gasteiger partial charge in [0, 0.05) is 14.6 Å². The highest BCUT2D eigenvalue weighted by Gasteiger charge is 2.13. The van der Waals surface area contributed by atoms with Gasteiger partial charge in [0.05, 0.1) is 12.0 Å². The van der Waals surface area contributed by atoms with Gasteiger partial charge in [-0.25, -0.2) is 0 Å². The number of rotatable bonds is 4. The molecule has 16 heavy (non-hydrogen) atoms. The second-order valence-corrected chi connectivity index (χ2v) is 5.59. The summed E-state index contributed by atoms with van der Waals surface area (Å²) in [5.41, 5.74) is 0.560. The number of carbonyl (C=O) groups is 1. The zero-order chi connectivity index (χ0) is 12.1. The summed E-state index contributed by atoms with van der Waals surface area (Å²) < 4.78 is 0.738. The number of carboxylic acid groups (broad SMARTS) is 1. The van der Waals surface area contributed by atoms with E-state index in [0.29, 0.717) is 5.56 Å². The van der Waals surface area contributed by atoms with E-state index in [0.717, 1.165) is 9.37 Å². The van der Waals surface area contributed by atoms with E-state index in [2.05, 4.69) is 22.0 Å². The fourth-order valence-electron chi connectivity index (χ4n) is 1.22. The van der Waals surface area contributed by atoms with E-state index in [9.17, 15) is 4.79 Å². The molecule has 1 aromatic carbocycles. The van der Waals surface area contributed by atoms with Crippen molar-refractivity contribution in [1.82, 2.24) is 0 Å². The van der Waals surface area contributed by atoms with E-state index in [4.69, 9.17) is 10.4 Å². The van der Waals surface area contributed by atoms with Crippen molar-refractivity contribution in [2.75, 3.05) is 0 Å². The third-order valence-corrected chi connectivity index (χ3v) is 3.70. The minimum Gasteiger partial charge on any atom is -0.481 e. The molecule has 0 aliphatic carbocycles. The van der Waals surface area contributed by atoms with Crippen molar-refractivity contribution in [3.63, 3.8) is 0 Å². The average Bonchev–Trinajstić information content (AvgIpc) is 2.16. The molecule has 1 rings (SSSR count). The number of hydrogen-bond donors (Lipinski definition) is 1. The number of aliphatic carboxylic acids is 1. The lowest BCUT2D eigenvalue weighted by molar-refractivity contribution is -0.136. The van der Waals surface area contributed by atoms with Crippen LogP contribution in [0.25, 0.3) is 0 Å². The van der Waals surface area contributed by atoms with Crippen molar-refractivity contribution in [3.8, 4) is 6.07 Å². The highest BCUT2D eigenvalue weighted by molar-refractivity contribution is 9.10. The van der Waals surface area contributed by atoms with Crippen molar-refractivity contribution in [3.05, 3.63) is 28.2 Å². The minimum absolute atomic E-state index is 0.0566. The van der Waals surface area contributed by atoms with E-state index < -0.39 is 5.97 Å². The minimum atomic E-state index is -0.825. The van der Waals surface area contributed by atoms with Crippen molar-refractivity contribution in [2.45, 2.75) is 23.5 Å². The van der Waals surface area contributed by atoms with Crippen LogP contribution in [0.3, 0.4) is 0 Å². The predicted molar refractivity (Wildman–Crippen MR) is 66.4 cm³/mol. The van der Waals surface area contributed by atoms with E-state index >= 15 is 0 Å². The summed E-state index contributed by atoms with van der Waals surface area (Å²) in [6, 6.07) is 7.56. The summed E-state index contributed by atoms with van der Waals surface area (Å²) in [6.07, 6.45) is 0.0854. The quantitative estimate of drug-likeness (QED) is 0.867. The Balaban J connectivity index is 2.85. The molecule has 5 heteroatoms. The first kappa shape index (κ1) is 13.1. The Morgan fingerprint density at radius 3 is 2.94 bits per heavy atom. The van der Waals surface area contributed by atoms with Crippen LogP contribution in [-0.2, 0) is 4.79 Å².